The Morgan fingerprint density at radius 2 is 1.85 bits per heavy atom. The molecule has 2 aliphatic heterocycles. The van der Waals surface area contributed by atoms with E-state index in [1.807, 2.05) is 29.2 Å². The number of piperidine rings is 1. The summed E-state index contributed by atoms with van der Waals surface area (Å²) < 4.78 is 11.8. The van der Waals surface area contributed by atoms with Gasteiger partial charge >= 0.3 is 0 Å². The molecule has 0 N–H and O–H groups in total. The van der Waals surface area contributed by atoms with Crippen molar-refractivity contribution in [2.75, 3.05) is 39.9 Å². The van der Waals surface area contributed by atoms with E-state index < -0.39 is 5.72 Å². The normalized spacial score (nSPS) is 19.4. The van der Waals surface area contributed by atoms with E-state index in [1.165, 1.54) is 12.8 Å². The Balaban J connectivity index is 0.00000243. The summed E-state index contributed by atoms with van der Waals surface area (Å²) in [4.78, 5) is 17.2. The van der Waals surface area contributed by atoms with Crippen molar-refractivity contribution < 1.29 is 14.3 Å². The zero-order chi connectivity index (χ0) is 17.7. The second kappa shape index (κ2) is 9.58. The number of hydrogen-bond acceptors (Lipinski definition) is 4. The Morgan fingerprint density at radius 3 is 2.50 bits per heavy atom. The number of ether oxygens (including phenoxy) is 2. The van der Waals surface area contributed by atoms with Gasteiger partial charge in [-0.1, -0.05) is 19.8 Å². The fraction of sp³-hybridized carbons (Fsp3) is 0.650. The Morgan fingerprint density at radius 1 is 1.15 bits per heavy atom. The van der Waals surface area contributed by atoms with Crippen LogP contribution in [0.15, 0.2) is 24.3 Å². The Kier molecular flexibility index (Phi) is 7.74. The zero-order valence-electron chi connectivity index (χ0n) is 15.9. The van der Waals surface area contributed by atoms with Crippen molar-refractivity contribution in [1.29, 1.82) is 0 Å². The molecule has 6 heteroatoms. The minimum atomic E-state index is -0.404. The summed E-state index contributed by atoms with van der Waals surface area (Å²) in [5, 5.41) is 0. The molecule has 1 aromatic carbocycles. The fourth-order valence-electron chi connectivity index (χ4n) is 3.67. The third kappa shape index (κ3) is 4.70. The number of likely N-dealkylation sites (tertiary alicyclic amines) is 1. The van der Waals surface area contributed by atoms with Crippen molar-refractivity contribution in [3.05, 3.63) is 29.8 Å². The average molecular weight is 383 g/mol. The van der Waals surface area contributed by atoms with E-state index >= 15 is 0 Å². The zero-order valence-corrected chi connectivity index (χ0v) is 16.7. The molecule has 26 heavy (non-hydrogen) atoms. The third-order valence-corrected chi connectivity index (χ3v) is 5.31. The lowest BCUT2D eigenvalue weighted by Gasteiger charge is -2.42. The Hall–Kier alpha value is -1.30. The van der Waals surface area contributed by atoms with Crippen LogP contribution in [-0.2, 0) is 4.74 Å². The highest BCUT2D eigenvalue weighted by Gasteiger charge is 2.46. The van der Waals surface area contributed by atoms with Gasteiger partial charge in [-0.2, -0.15) is 0 Å². The van der Waals surface area contributed by atoms with Gasteiger partial charge in [0.2, 0.25) is 0 Å². The van der Waals surface area contributed by atoms with Crippen LogP contribution in [0.5, 0.6) is 5.75 Å². The van der Waals surface area contributed by atoms with Crippen LogP contribution in [0, 0.1) is 0 Å². The number of rotatable bonds is 6. The molecule has 0 aliphatic carbocycles. The first-order chi connectivity index (χ1) is 12.1. The van der Waals surface area contributed by atoms with Crippen LogP contribution >= 0.6 is 12.4 Å². The molecule has 2 aliphatic rings. The van der Waals surface area contributed by atoms with Crippen LogP contribution in [0.1, 0.15) is 49.4 Å². The number of hydrogen-bond donors (Lipinski definition) is 0. The van der Waals surface area contributed by atoms with Crippen LogP contribution < -0.4 is 4.74 Å². The SMILES string of the molecule is CCCCCOc1ccc(C(=O)N2CCOC23CCN(C)CC3)cc1.Cl. The molecular weight excluding hydrogens is 352 g/mol. The maximum atomic E-state index is 13.0. The van der Waals surface area contributed by atoms with Crippen molar-refractivity contribution in [2.24, 2.45) is 0 Å². The van der Waals surface area contributed by atoms with E-state index in [0.29, 0.717) is 18.7 Å². The molecule has 0 aromatic heterocycles. The van der Waals surface area contributed by atoms with Crippen LogP contribution in [0.4, 0.5) is 0 Å². The van der Waals surface area contributed by atoms with E-state index in [2.05, 4.69) is 18.9 Å². The summed E-state index contributed by atoms with van der Waals surface area (Å²) >= 11 is 0. The van der Waals surface area contributed by atoms with E-state index in [0.717, 1.165) is 44.7 Å². The van der Waals surface area contributed by atoms with Crippen molar-refractivity contribution in [3.8, 4) is 5.75 Å². The highest BCUT2D eigenvalue weighted by molar-refractivity contribution is 5.95. The quantitative estimate of drug-likeness (QED) is 0.705. The van der Waals surface area contributed by atoms with E-state index in [1.54, 1.807) is 0 Å². The van der Waals surface area contributed by atoms with Gasteiger partial charge in [0.15, 0.2) is 0 Å². The van der Waals surface area contributed by atoms with Gasteiger partial charge in [-0.15, -0.1) is 12.4 Å². The topological polar surface area (TPSA) is 42.0 Å². The second-order valence-corrected chi connectivity index (χ2v) is 7.13. The van der Waals surface area contributed by atoms with Crippen LogP contribution in [0.2, 0.25) is 0 Å². The first-order valence-electron chi connectivity index (χ1n) is 9.52. The van der Waals surface area contributed by atoms with Gasteiger partial charge in [0.05, 0.1) is 13.2 Å². The molecule has 2 fully saturated rings. The summed E-state index contributed by atoms with van der Waals surface area (Å²) in [5.41, 5.74) is 0.309. The minimum absolute atomic E-state index is 0. The van der Waals surface area contributed by atoms with Crippen molar-refractivity contribution in [2.45, 2.75) is 44.8 Å². The molecule has 1 spiro atoms. The largest absolute Gasteiger partial charge is 0.494 e. The molecule has 1 amide bonds. The van der Waals surface area contributed by atoms with Crippen molar-refractivity contribution in [1.82, 2.24) is 9.80 Å². The molecule has 1 aromatic rings. The molecule has 5 nitrogen and oxygen atoms in total. The van der Waals surface area contributed by atoms with Crippen LogP contribution in [-0.4, -0.2) is 61.3 Å². The number of carbonyl (C=O) groups is 1. The monoisotopic (exact) mass is 382 g/mol. The van der Waals surface area contributed by atoms with E-state index in [9.17, 15) is 4.79 Å². The molecule has 0 saturated carbocycles. The fourth-order valence-corrected chi connectivity index (χ4v) is 3.67. The highest BCUT2D eigenvalue weighted by Crippen LogP contribution is 2.35. The minimum Gasteiger partial charge on any atom is -0.494 e. The van der Waals surface area contributed by atoms with Gasteiger partial charge in [-0.25, -0.2) is 0 Å². The third-order valence-electron chi connectivity index (χ3n) is 5.31. The molecule has 3 rings (SSSR count). The average Bonchev–Trinajstić information content (AvgIpc) is 3.05. The molecular formula is C20H31ClN2O3. The Bertz CT molecular complexity index is 571. The second-order valence-electron chi connectivity index (χ2n) is 7.13. The predicted octanol–water partition coefficient (Wildman–Crippen LogP) is 3.57. The maximum Gasteiger partial charge on any atom is 0.256 e. The Labute approximate surface area is 163 Å². The lowest BCUT2D eigenvalue weighted by Crippen LogP contribution is -2.54. The molecule has 0 radical (unpaired) electrons. The highest BCUT2D eigenvalue weighted by atomic mass is 35.5. The number of carbonyl (C=O) groups excluding carboxylic acids is 1. The van der Waals surface area contributed by atoms with Gasteiger partial charge in [-0.05, 0) is 37.7 Å². The van der Waals surface area contributed by atoms with Gasteiger partial charge in [0, 0.05) is 38.0 Å². The summed E-state index contributed by atoms with van der Waals surface area (Å²) in [5.74, 6) is 0.902. The first kappa shape index (κ1) is 21.0. The van der Waals surface area contributed by atoms with E-state index in [4.69, 9.17) is 9.47 Å². The molecule has 146 valence electrons. The maximum absolute atomic E-state index is 13.0. The molecule has 0 atom stereocenters. The smallest absolute Gasteiger partial charge is 0.256 e. The summed E-state index contributed by atoms with van der Waals surface area (Å²) in [6, 6.07) is 7.55. The van der Waals surface area contributed by atoms with Gasteiger partial charge in [0.1, 0.15) is 11.5 Å². The van der Waals surface area contributed by atoms with Gasteiger partial charge in [-0.3, -0.25) is 4.79 Å². The van der Waals surface area contributed by atoms with Gasteiger partial charge in [0.25, 0.3) is 5.91 Å². The standard InChI is InChI=1S/C20H30N2O3.ClH/c1-3-4-5-15-24-18-8-6-17(7-9-18)19(23)22-14-16-25-20(22)10-12-21(2)13-11-20;/h6-9H,3-5,10-16H2,1-2H3;1H. The molecule has 0 unspecified atom stereocenters. The molecule has 2 heterocycles. The lowest BCUT2D eigenvalue weighted by atomic mass is 9.98. The summed E-state index contributed by atoms with van der Waals surface area (Å²) in [6.07, 6.45) is 5.20. The first-order valence-corrected chi connectivity index (χ1v) is 9.52. The number of halogens is 1. The number of unbranched alkanes of at least 4 members (excludes halogenated alkanes) is 2. The van der Waals surface area contributed by atoms with Crippen molar-refractivity contribution >= 4 is 18.3 Å². The van der Waals surface area contributed by atoms with E-state index in [-0.39, 0.29) is 18.3 Å². The molecule has 2 saturated heterocycles. The predicted molar refractivity (Wildman–Crippen MR) is 105 cm³/mol. The number of amides is 1. The van der Waals surface area contributed by atoms with Crippen LogP contribution in [0.25, 0.3) is 0 Å². The molecule has 0 bridgehead atoms. The summed E-state index contributed by atoms with van der Waals surface area (Å²) in [6.45, 7) is 6.16. The number of nitrogens with zero attached hydrogens (tertiary/aromatic N) is 2. The van der Waals surface area contributed by atoms with Crippen molar-refractivity contribution in [3.63, 3.8) is 0 Å². The lowest BCUT2D eigenvalue weighted by molar-refractivity contribution is -0.102. The summed E-state index contributed by atoms with van der Waals surface area (Å²) in [7, 11) is 2.12. The number of benzene rings is 1. The van der Waals surface area contributed by atoms with Crippen LogP contribution in [0.3, 0.4) is 0 Å². The van der Waals surface area contributed by atoms with Gasteiger partial charge < -0.3 is 19.3 Å².